The second kappa shape index (κ2) is 4.61. The number of hydrogen-bond acceptors (Lipinski definition) is 2. The van der Waals surface area contributed by atoms with Crippen molar-refractivity contribution in [1.82, 2.24) is 0 Å². The van der Waals surface area contributed by atoms with Gasteiger partial charge in [-0.25, -0.2) is 0 Å². The zero-order valence-electron chi connectivity index (χ0n) is 10.6. The Morgan fingerprint density at radius 3 is 2.63 bits per heavy atom. The maximum Gasteiger partial charge on any atom is 0.257 e. The molecule has 0 saturated carbocycles. The molecule has 2 aromatic rings. The van der Waals surface area contributed by atoms with E-state index in [1.165, 1.54) is 0 Å². The van der Waals surface area contributed by atoms with Gasteiger partial charge < -0.3 is 10.6 Å². The predicted octanol–water partition coefficient (Wildman–Crippen LogP) is 3.40. The molecule has 19 heavy (non-hydrogen) atoms. The number of nitrogens with one attached hydrogen (secondary N) is 2. The molecule has 2 aromatic carbocycles. The Morgan fingerprint density at radius 1 is 1.05 bits per heavy atom. The minimum Gasteiger partial charge on any atom is -0.361 e. The topological polar surface area (TPSA) is 41.1 Å². The van der Waals surface area contributed by atoms with Crippen molar-refractivity contribution in [2.24, 2.45) is 0 Å². The Hall–Kier alpha value is -2.55. The highest BCUT2D eigenvalue weighted by Gasteiger charge is 2.25. The number of aryl methyl sites for hydroxylation is 1. The Kier molecular flexibility index (Phi) is 2.80. The quantitative estimate of drug-likeness (QED) is 0.802. The Labute approximate surface area is 112 Å². The average molecular weight is 250 g/mol. The van der Waals surface area contributed by atoms with E-state index in [-0.39, 0.29) is 5.91 Å². The van der Waals surface area contributed by atoms with Gasteiger partial charge in [0.15, 0.2) is 0 Å². The molecular weight excluding hydrogens is 236 g/mol. The third-order valence-corrected chi connectivity index (χ3v) is 3.19. The van der Waals surface area contributed by atoms with Crippen LogP contribution in [0.15, 0.2) is 54.7 Å². The lowest BCUT2D eigenvalue weighted by Crippen LogP contribution is -2.05. The standard InChI is InChI=1S/C16H14N2O/c1-11-6-5-9-14-15(11)13(16(19)18-14)10-17-12-7-3-2-4-8-12/h2-10,17H,1H3,(H,18,19). The second-order valence-corrected chi connectivity index (χ2v) is 4.52. The van der Waals surface area contributed by atoms with Gasteiger partial charge in [0.2, 0.25) is 0 Å². The van der Waals surface area contributed by atoms with E-state index in [0.717, 1.165) is 22.5 Å². The summed E-state index contributed by atoms with van der Waals surface area (Å²) < 4.78 is 0. The van der Waals surface area contributed by atoms with E-state index in [1.807, 2.05) is 55.5 Å². The zero-order chi connectivity index (χ0) is 13.2. The first-order valence-electron chi connectivity index (χ1n) is 6.19. The van der Waals surface area contributed by atoms with Gasteiger partial charge in [0.25, 0.3) is 5.91 Å². The summed E-state index contributed by atoms with van der Waals surface area (Å²) in [6, 6.07) is 15.7. The van der Waals surface area contributed by atoms with E-state index >= 15 is 0 Å². The molecule has 0 bridgehead atoms. The smallest absolute Gasteiger partial charge is 0.257 e. The number of benzene rings is 2. The third kappa shape index (κ3) is 2.10. The first-order valence-corrected chi connectivity index (χ1v) is 6.19. The molecule has 1 aliphatic heterocycles. The highest BCUT2D eigenvalue weighted by atomic mass is 16.2. The molecule has 2 N–H and O–H groups in total. The van der Waals surface area contributed by atoms with Crippen LogP contribution in [0.5, 0.6) is 0 Å². The molecule has 0 spiro atoms. The first-order chi connectivity index (χ1) is 9.25. The molecule has 0 aliphatic carbocycles. The van der Waals surface area contributed by atoms with Gasteiger partial charge in [0.05, 0.1) is 5.57 Å². The van der Waals surface area contributed by atoms with Crippen molar-refractivity contribution < 1.29 is 4.79 Å². The monoisotopic (exact) mass is 250 g/mol. The van der Waals surface area contributed by atoms with Gasteiger partial charge in [-0.05, 0) is 30.7 Å². The van der Waals surface area contributed by atoms with E-state index in [4.69, 9.17) is 0 Å². The summed E-state index contributed by atoms with van der Waals surface area (Å²) >= 11 is 0. The lowest BCUT2D eigenvalue weighted by atomic mass is 10.0. The highest BCUT2D eigenvalue weighted by Crippen LogP contribution is 2.33. The lowest BCUT2D eigenvalue weighted by molar-refractivity contribution is -0.110. The van der Waals surface area contributed by atoms with Gasteiger partial charge in [0, 0.05) is 23.1 Å². The summed E-state index contributed by atoms with van der Waals surface area (Å²) in [5, 5.41) is 6.04. The number of fused-ring (bicyclic) bond motifs is 1. The van der Waals surface area contributed by atoms with Crippen molar-refractivity contribution in [3.63, 3.8) is 0 Å². The van der Waals surface area contributed by atoms with Crippen LogP contribution in [0.2, 0.25) is 0 Å². The van der Waals surface area contributed by atoms with Crippen LogP contribution in [-0.2, 0) is 4.79 Å². The molecule has 0 saturated heterocycles. The second-order valence-electron chi connectivity index (χ2n) is 4.52. The molecule has 0 fully saturated rings. The summed E-state index contributed by atoms with van der Waals surface area (Å²) in [4.78, 5) is 12.0. The van der Waals surface area contributed by atoms with Gasteiger partial charge in [-0.2, -0.15) is 0 Å². The summed E-state index contributed by atoms with van der Waals surface area (Å²) in [5.74, 6) is -0.0623. The van der Waals surface area contributed by atoms with Crippen LogP contribution in [0, 0.1) is 6.92 Å². The number of carbonyl (C=O) groups is 1. The number of amides is 1. The SMILES string of the molecule is Cc1cccc2c1C(=CNc1ccccc1)C(=O)N2. The minimum atomic E-state index is -0.0623. The van der Waals surface area contributed by atoms with Crippen LogP contribution < -0.4 is 10.6 Å². The third-order valence-electron chi connectivity index (χ3n) is 3.19. The molecule has 1 aliphatic rings. The van der Waals surface area contributed by atoms with Crippen LogP contribution in [0.4, 0.5) is 11.4 Å². The van der Waals surface area contributed by atoms with E-state index < -0.39 is 0 Å². The van der Waals surface area contributed by atoms with Crippen LogP contribution in [0.1, 0.15) is 11.1 Å². The van der Waals surface area contributed by atoms with Crippen LogP contribution in [0.3, 0.4) is 0 Å². The Morgan fingerprint density at radius 2 is 1.84 bits per heavy atom. The van der Waals surface area contributed by atoms with Crippen molar-refractivity contribution in [2.75, 3.05) is 10.6 Å². The molecule has 0 aromatic heterocycles. The highest BCUT2D eigenvalue weighted by molar-refractivity contribution is 6.32. The van der Waals surface area contributed by atoms with Gasteiger partial charge in [-0.3, -0.25) is 4.79 Å². The van der Waals surface area contributed by atoms with Gasteiger partial charge >= 0.3 is 0 Å². The molecule has 0 radical (unpaired) electrons. The fraction of sp³-hybridized carbons (Fsp3) is 0.0625. The van der Waals surface area contributed by atoms with Gasteiger partial charge in [0.1, 0.15) is 0 Å². The molecule has 1 amide bonds. The van der Waals surface area contributed by atoms with Crippen LogP contribution in [0.25, 0.3) is 5.57 Å². The van der Waals surface area contributed by atoms with Crippen LogP contribution >= 0.6 is 0 Å². The largest absolute Gasteiger partial charge is 0.361 e. The lowest BCUT2D eigenvalue weighted by Gasteiger charge is -2.04. The fourth-order valence-electron chi connectivity index (χ4n) is 2.26. The fourth-order valence-corrected chi connectivity index (χ4v) is 2.26. The number of para-hydroxylation sites is 1. The molecule has 3 heteroatoms. The summed E-state index contributed by atoms with van der Waals surface area (Å²) in [5.41, 5.74) is 4.60. The van der Waals surface area contributed by atoms with E-state index in [9.17, 15) is 4.79 Å². The zero-order valence-corrected chi connectivity index (χ0v) is 10.6. The number of hydrogen-bond donors (Lipinski definition) is 2. The van der Waals surface area contributed by atoms with E-state index in [2.05, 4.69) is 10.6 Å². The number of carbonyl (C=O) groups excluding carboxylic acids is 1. The van der Waals surface area contributed by atoms with Gasteiger partial charge in [-0.1, -0.05) is 30.3 Å². The van der Waals surface area contributed by atoms with E-state index in [0.29, 0.717) is 5.57 Å². The minimum absolute atomic E-state index is 0.0623. The first kappa shape index (κ1) is 11.5. The molecular formula is C16H14N2O. The van der Waals surface area contributed by atoms with Crippen molar-refractivity contribution in [3.8, 4) is 0 Å². The summed E-state index contributed by atoms with van der Waals surface area (Å²) in [7, 11) is 0. The summed E-state index contributed by atoms with van der Waals surface area (Å²) in [6.45, 7) is 2.01. The average Bonchev–Trinajstić information content (AvgIpc) is 2.75. The molecule has 1 heterocycles. The predicted molar refractivity (Wildman–Crippen MR) is 77.9 cm³/mol. The van der Waals surface area contributed by atoms with E-state index in [1.54, 1.807) is 6.20 Å². The van der Waals surface area contributed by atoms with Crippen molar-refractivity contribution in [3.05, 3.63) is 65.9 Å². The molecule has 0 unspecified atom stereocenters. The summed E-state index contributed by atoms with van der Waals surface area (Å²) in [6.07, 6.45) is 1.77. The molecule has 3 nitrogen and oxygen atoms in total. The Bertz CT molecular complexity index is 660. The maximum absolute atomic E-state index is 12.0. The van der Waals surface area contributed by atoms with Gasteiger partial charge in [-0.15, -0.1) is 0 Å². The maximum atomic E-state index is 12.0. The molecule has 0 atom stereocenters. The van der Waals surface area contributed by atoms with Crippen molar-refractivity contribution in [1.29, 1.82) is 0 Å². The number of rotatable bonds is 2. The number of anilines is 2. The van der Waals surface area contributed by atoms with Crippen LogP contribution in [-0.4, -0.2) is 5.91 Å². The van der Waals surface area contributed by atoms with Crippen molar-refractivity contribution >= 4 is 22.9 Å². The molecule has 94 valence electrons. The van der Waals surface area contributed by atoms with Crippen molar-refractivity contribution in [2.45, 2.75) is 6.92 Å². The normalized spacial score (nSPS) is 15.2. The molecule has 3 rings (SSSR count). The Balaban J connectivity index is 1.96.